The van der Waals surface area contributed by atoms with E-state index in [-0.39, 0.29) is 12.5 Å². The maximum atomic E-state index is 12.1. The van der Waals surface area contributed by atoms with E-state index >= 15 is 0 Å². The minimum absolute atomic E-state index is 0.185. The zero-order chi connectivity index (χ0) is 17.6. The monoisotopic (exact) mass is 333 g/mol. The molecule has 0 spiro atoms. The van der Waals surface area contributed by atoms with Gasteiger partial charge in [-0.05, 0) is 24.3 Å². The first-order valence-electron chi connectivity index (χ1n) is 7.55. The van der Waals surface area contributed by atoms with E-state index < -0.39 is 0 Å². The SMILES string of the molecule is COc1cc(C#N)ccc1OCC(=O)Nc1cnc2ccccc2c1. The molecule has 124 valence electrons. The summed E-state index contributed by atoms with van der Waals surface area (Å²) in [6, 6.07) is 16.3. The molecule has 25 heavy (non-hydrogen) atoms. The van der Waals surface area contributed by atoms with E-state index in [2.05, 4.69) is 10.3 Å². The predicted molar refractivity (Wildman–Crippen MR) is 93.6 cm³/mol. The number of hydrogen-bond acceptors (Lipinski definition) is 5. The number of nitrogens with zero attached hydrogens (tertiary/aromatic N) is 2. The molecule has 1 heterocycles. The second kappa shape index (κ2) is 7.32. The number of nitrogens with one attached hydrogen (secondary N) is 1. The van der Waals surface area contributed by atoms with Crippen LogP contribution in [0, 0.1) is 11.3 Å². The van der Waals surface area contributed by atoms with Crippen molar-refractivity contribution in [2.75, 3.05) is 19.0 Å². The quantitative estimate of drug-likeness (QED) is 0.775. The summed E-state index contributed by atoms with van der Waals surface area (Å²) in [5.74, 6) is 0.482. The molecule has 1 amide bonds. The van der Waals surface area contributed by atoms with Crippen molar-refractivity contribution in [1.29, 1.82) is 5.26 Å². The molecule has 0 radical (unpaired) electrons. The van der Waals surface area contributed by atoms with Crippen LogP contribution < -0.4 is 14.8 Å². The van der Waals surface area contributed by atoms with Gasteiger partial charge in [0.25, 0.3) is 5.91 Å². The zero-order valence-electron chi connectivity index (χ0n) is 13.5. The lowest BCUT2D eigenvalue weighted by Gasteiger charge is -2.11. The number of rotatable bonds is 5. The second-order valence-electron chi connectivity index (χ2n) is 5.23. The molecule has 0 saturated heterocycles. The van der Waals surface area contributed by atoms with Crippen molar-refractivity contribution in [2.45, 2.75) is 0 Å². The van der Waals surface area contributed by atoms with Crippen molar-refractivity contribution >= 4 is 22.5 Å². The summed E-state index contributed by atoms with van der Waals surface area (Å²) in [6.07, 6.45) is 1.60. The Bertz CT molecular complexity index is 964. The Morgan fingerprint density at radius 3 is 2.84 bits per heavy atom. The molecule has 3 rings (SSSR count). The van der Waals surface area contributed by atoms with Crippen LogP contribution in [0.15, 0.2) is 54.7 Å². The van der Waals surface area contributed by atoms with Gasteiger partial charge in [0, 0.05) is 11.5 Å². The molecule has 0 aliphatic heterocycles. The number of pyridine rings is 1. The minimum Gasteiger partial charge on any atom is -0.493 e. The second-order valence-corrected chi connectivity index (χ2v) is 5.23. The number of carbonyl (C=O) groups is 1. The van der Waals surface area contributed by atoms with Gasteiger partial charge in [0.05, 0.1) is 36.1 Å². The van der Waals surface area contributed by atoms with E-state index in [4.69, 9.17) is 14.7 Å². The van der Waals surface area contributed by atoms with E-state index in [0.29, 0.717) is 22.7 Å². The lowest BCUT2D eigenvalue weighted by molar-refractivity contribution is -0.118. The third-order valence-electron chi connectivity index (χ3n) is 3.53. The number of carbonyl (C=O) groups excluding carboxylic acids is 1. The molecule has 0 fully saturated rings. The van der Waals surface area contributed by atoms with Crippen LogP contribution >= 0.6 is 0 Å². The van der Waals surface area contributed by atoms with Gasteiger partial charge in [-0.25, -0.2) is 0 Å². The third kappa shape index (κ3) is 3.85. The largest absolute Gasteiger partial charge is 0.493 e. The molecule has 0 aliphatic carbocycles. The Hall–Kier alpha value is -3.59. The zero-order valence-corrected chi connectivity index (χ0v) is 13.5. The van der Waals surface area contributed by atoms with Gasteiger partial charge in [-0.1, -0.05) is 18.2 Å². The van der Waals surface area contributed by atoms with Gasteiger partial charge in [-0.15, -0.1) is 0 Å². The van der Waals surface area contributed by atoms with E-state index in [1.807, 2.05) is 36.4 Å². The molecular weight excluding hydrogens is 318 g/mol. The van der Waals surface area contributed by atoms with Gasteiger partial charge in [0.1, 0.15) is 0 Å². The molecule has 3 aromatic rings. The van der Waals surface area contributed by atoms with Crippen molar-refractivity contribution in [3.63, 3.8) is 0 Å². The van der Waals surface area contributed by atoms with Crippen molar-refractivity contribution < 1.29 is 14.3 Å². The number of aromatic nitrogens is 1. The fraction of sp³-hybridized carbons (Fsp3) is 0.105. The normalized spacial score (nSPS) is 10.1. The van der Waals surface area contributed by atoms with Crippen LogP contribution in [0.3, 0.4) is 0 Å². The fourth-order valence-electron chi connectivity index (χ4n) is 2.34. The number of methoxy groups -OCH3 is 1. The van der Waals surface area contributed by atoms with Crippen molar-refractivity contribution in [3.05, 3.63) is 60.3 Å². The maximum Gasteiger partial charge on any atom is 0.262 e. The number of ether oxygens (including phenoxy) is 2. The van der Waals surface area contributed by atoms with Crippen LogP contribution in [0.4, 0.5) is 5.69 Å². The first-order chi connectivity index (χ1) is 12.2. The van der Waals surface area contributed by atoms with Gasteiger partial charge in [0.2, 0.25) is 0 Å². The lowest BCUT2D eigenvalue weighted by Crippen LogP contribution is -2.20. The molecular formula is C19H15N3O3. The number of anilines is 1. The summed E-state index contributed by atoms with van der Waals surface area (Å²) < 4.78 is 10.7. The van der Waals surface area contributed by atoms with Gasteiger partial charge >= 0.3 is 0 Å². The molecule has 2 aromatic carbocycles. The highest BCUT2D eigenvalue weighted by Crippen LogP contribution is 2.27. The highest BCUT2D eigenvalue weighted by atomic mass is 16.5. The summed E-state index contributed by atoms with van der Waals surface area (Å²) in [5, 5.41) is 12.6. The fourth-order valence-corrected chi connectivity index (χ4v) is 2.34. The maximum absolute atomic E-state index is 12.1. The Kier molecular flexibility index (Phi) is 4.77. The molecule has 6 nitrogen and oxygen atoms in total. The van der Waals surface area contributed by atoms with Crippen LogP contribution in [0.2, 0.25) is 0 Å². The minimum atomic E-state index is -0.316. The molecule has 0 saturated carbocycles. The van der Waals surface area contributed by atoms with Gasteiger partial charge < -0.3 is 14.8 Å². The molecule has 6 heteroatoms. The lowest BCUT2D eigenvalue weighted by atomic mass is 10.2. The summed E-state index contributed by atoms with van der Waals surface area (Å²) in [6.45, 7) is -0.185. The number of hydrogen-bond donors (Lipinski definition) is 1. The Labute approximate surface area is 144 Å². The van der Waals surface area contributed by atoms with Crippen molar-refractivity contribution in [1.82, 2.24) is 4.98 Å². The molecule has 1 aromatic heterocycles. The average molecular weight is 333 g/mol. The predicted octanol–water partition coefficient (Wildman–Crippen LogP) is 3.13. The summed E-state index contributed by atoms with van der Waals surface area (Å²) in [7, 11) is 1.48. The van der Waals surface area contributed by atoms with Gasteiger partial charge in [-0.2, -0.15) is 5.26 Å². The van der Waals surface area contributed by atoms with Crippen molar-refractivity contribution in [2.24, 2.45) is 0 Å². The smallest absolute Gasteiger partial charge is 0.262 e. The molecule has 0 unspecified atom stereocenters. The molecule has 1 N–H and O–H groups in total. The van der Waals surface area contributed by atoms with Gasteiger partial charge in [0.15, 0.2) is 18.1 Å². The third-order valence-corrected chi connectivity index (χ3v) is 3.53. The van der Waals surface area contributed by atoms with Crippen molar-refractivity contribution in [3.8, 4) is 17.6 Å². The summed E-state index contributed by atoms with van der Waals surface area (Å²) in [4.78, 5) is 16.4. The molecule has 0 atom stereocenters. The number of amides is 1. The first kappa shape index (κ1) is 16.3. The topological polar surface area (TPSA) is 84.2 Å². The van der Waals surface area contributed by atoms with Crippen LogP contribution in [-0.2, 0) is 4.79 Å². The van der Waals surface area contributed by atoms with Crippen LogP contribution in [-0.4, -0.2) is 24.6 Å². The highest BCUT2D eigenvalue weighted by Gasteiger charge is 2.09. The summed E-state index contributed by atoms with van der Waals surface area (Å²) in [5.41, 5.74) is 1.91. The van der Waals surface area contributed by atoms with E-state index in [1.54, 1.807) is 24.4 Å². The van der Waals surface area contributed by atoms with Gasteiger partial charge in [-0.3, -0.25) is 9.78 Å². The number of benzene rings is 2. The molecule has 0 bridgehead atoms. The standard InChI is InChI=1S/C19H15N3O3/c1-24-18-8-13(10-20)6-7-17(18)25-12-19(23)22-15-9-14-4-2-3-5-16(14)21-11-15/h2-9,11H,12H2,1H3,(H,22,23). The number of para-hydroxylation sites is 1. The summed E-state index contributed by atoms with van der Waals surface area (Å²) >= 11 is 0. The van der Waals surface area contributed by atoms with E-state index in [1.165, 1.54) is 7.11 Å². The van der Waals surface area contributed by atoms with E-state index in [0.717, 1.165) is 10.9 Å². The number of fused-ring (bicyclic) bond motifs is 1. The Morgan fingerprint density at radius 1 is 1.20 bits per heavy atom. The average Bonchev–Trinajstić information content (AvgIpc) is 2.66. The van der Waals surface area contributed by atoms with Crippen LogP contribution in [0.25, 0.3) is 10.9 Å². The van der Waals surface area contributed by atoms with Crippen LogP contribution in [0.1, 0.15) is 5.56 Å². The Morgan fingerprint density at radius 2 is 2.04 bits per heavy atom. The van der Waals surface area contributed by atoms with E-state index in [9.17, 15) is 4.79 Å². The number of nitriles is 1. The Balaban J connectivity index is 1.65. The van der Waals surface area contributed by atoms with Crippen LogP contribution in [0.5, 0.6) is 11.5 Å². The first-order valence-corrected chi connectivity index (χ1v) is 7.55. The molecule has 0 aliphatic rings. The highest BCUT2D eigenvalue weighted by molar-refractivity contribution is 5.94.